The monoisotopic (exact) mass is 328 g/mol. The van der Waals surface area contributed by atoms with Gasteiger partial charge < -0.3 is 4.42 Å². The molecular weight excluding hydrogens is 320 g/mol. The third-order valence-corrected chi connectivity index (χ3v) is 3.42. The van der Waals surface area contributed by atoms with Gasteiger partial charge in [-0.05, 0) is 36.2 Å². The van der Waals surface area contributed by atoms with E-state index in [1.807, 2.05) is 24.3 Å². The number of alkyl halides is 1. The molecule has 0 aliphatic carbocycles. The van der Waals surface area contributed by atoms with Crippen LogP contribution in [0.1, 0.15) is 16.2 Å². The Morgan fingerprint density at radius 2 is 2.07 bits per heavy atom. The minimum Gasteiger partial charge on any atom is -0.468 e. The average Bonchev–Trinajstić information content (AvgIpc) is 2.70. The first-order valence-electron chi connectivity index (χ1n) is 4.67. The fraction of sp³-hybridized carbons (Fsp3) is 0.167. The highest BCUT2D eigenvalue weighted by Gasteiger charge is 2.10. The number of hydrogen-bond donors (Lipinski definition) is 0. The number of benzene rings is 1. The molecule has 1 atom stereocenters. The van der Waals surface area contributed by atoms with Crippen molar-refractivity contribution in [2.75, 3.05) is 0 Å². The molecule has 78 valence electrons. The van der Waals surface area contributed by atoms with Crippen molar-refractivity contribution in [2.45, 2.75) is 11.2 Å². The highest BCUT2D eigenvalue weighted by atomic mass is 79.9. The lowest BCUT2D eigenvalue weighted by atomic mass is 10.1. The maximum atomic E-state index is 5.34. The molecule has 2 rings (SSSR count). The molecule has 1 unspecified atom stereocenters. The second kappa shape index (κ2) is 4.99. The van der Waals surface area contributed by atoms with Gasteiger partial charge in [0, 0.05) is 4.47 Å². The Morgan fingerprint density at radius 3 is 2.73 bits per heavy atom. The van der Waals surface area contributed by atoms with Crippen LogP contribution in [0.25, 0.3) is 0 Å². The largest absolute Gasteiger partial charge is 0.468 e. The lowest BCUT2D eigenvalue weighted by molar-refractivity contribution is 0.507. The molecule has 0 amide bonds. The summed E-state index contributed by atoms with van der Waals surface area (Å²) in [5, 5.41) is 0. The highest BCUT2D eigenvalue weighted by Crippen LogP contribution is 2.28. The Hall–Kier alpha value is -0.540. The summed E-state index contributed by atoms with van der Waals surface area (Å²) in [4.78, 5) is 0.238. The maximum Gasteiger partial charge on any atom is 0.117 e. The van der Waals surface area contributed by atoms with Crippen molar-refractivity contribution in [2.24, 2.45) is 0 Å². The summed E-state index contributed by atoms with van der Waals surface area (Å²) in [7, 11) is 0. The van der Waals surface area contributed by atoms with E-state index in [1.165, 1.54) is 5.56 Å². The van der Waals surface area contributed by atoms with Gasteiger partial charge in [-0.15, -0.1) is 0 Å². The second-order valence-corrected chi connectivity index (χ2v) is 5.34. The second-order valence-electron chi connectivity index (χ2n) is 3.32. The summed E-state index contributed by atoms with van der Waals surface area (Å²) in [5.41, 5.74) is 1.28. The van der Waals surface area contributed by atoms with Gasteiger partial charge in [0.15, 0.2) is 0 Å². The maximum absolute atomic E-state index is 5.34. The quantitative estimate of drug-likeness (QED) is 0.742. The van der Waals surface area contributed by atoms with Gasteiger partial charge in [-0.1, -0.05) is 44.0 Å². The summed E-state index contributed by atoms with van der Waals surface area (Å²) in [5.74, 6) is 0.968. The Labute approximate surface area is 106 Å². The summed E-state index contributed by atoms with van der Waals surface area (Å²) in [6.45, 7) is 0. The van der Waals surface area contributed by atoms with Crippen molar-refractivity contribution < 1.29 is 4.42 Å². The molecule has 2 aromatic rings. The fourth-order valence-electron chi connectivity index (χ4n) is 1.44. The predicted octanol–water partition coefficient (Wildman–Crippen LogP) is 4.72. The van der Waals surface area contributed by atoms with Crippen LogP contribution in [-0.4, -0.2) is 0 Å². The van der Waals surface area contributed by atoms with Crippen molar-refractivity contribution in [3.05, 3.63) is 58.5 Å². The van der Waals surface area contributed by atoms with Gasteiger partial charge in [0.05, 0.1) is 11.1 Å². The van der Waals surface area contributed by atoms with Gasteiger partial charge in [0.2, 0.25) is 0 Å². The molecule has 1 aromatic heterocycles. The van der Waals surface area contributed by atoms with E-state index in [0.29, 0.717) is 0 Å². The van der Waals surface area contributed by atoms with Crippen LogP contribution in [0.5, 0.6) is 0 Å². The molecule has 0 saturated heterocycles. The van der Waals surface area contributed by atoms with Gasteiger partial charge in [-0.2, -0.15) is 0 Å². The van der Waals surface area contributed by atoms with E-state index in [4.69, 9.17) is 4.42 Å². The molecule has 0 saturated carbocycles. The summed E-state index contributed by atoms with van der Waals surface area (Å²) >= 11 is 7.08. The molecule has 3 heteroatoms. The average molecular weight is 330 g/mol. The lowest BCUT2D eigenvalue weighted by Crippen LogP contribution is -1.93. The SMILES string of the molecule is Brc1cccc(CC(Br)c2ccco2)c1. The van der Waals surface area contributed by atoms with Crippen LogP contribution in [0.15, 0.2) is 51.6 Å². The fourth-order valence-corrected chi connectivity index (χ4v) is 2.52. The standard InChI is InChI=1S/C12H10Br2O/c13-10-4-1-3-9(7-10)8-11(14)12-5-2-6-15-12/h1-7,11H,8H2. The zero-order valence-electron chi connectivity index (χ0n) is 7.99. The predicted molar refractivity (Wildman–Crippen MR) is 68.2 cm³/mol. The van der Waals surface area contributed by atoms with E-state index < -0.39 is 0 Å². The van der Waals surface area contributed by atoms with Crippen LogP contribution >= 0.6 is 31.9 Å². The third kappa shape index (κ3) is 2.95. The van der Waals surface area contributed by atoms with Crippen molar-refractivity contribution in [1.29, 1.82) is 0 Å². The van der Waals surface area contributed by atoms with Crippen molar-refractivity contribution in [1.82, 2.24) is 0 Å². The number of furan rings is 1. The molecule has 1 nitrogen and oxygen atoms in total. The van der Waals surface area contributed by atoms with Crippen LogP contribution < -0.4 is 0 Å². The molecule has 0 aliphatic rings. The lowest BCUT2D eigenvalue weighted by Gasteiger charge is -2.06. The van der Waals surface area contributed by atoms with Crippen molar-refractivity contribution >= 4 is 31.9 Å². The normalized spacial score (nSPS) is 12.7. The first kappa shape index (κ1) is 11.0. The first-order chi connectivity index (χ1) is 7.25. The Kier molecular flexibility index (Phi) is 3.65. The molecule has 0 N–H and O–H groups in total. The number of rotatable bonds is 3. The zero-order valence-corrected chi connectivity index (χ0v) is 11.2. The molecule has 0 spiro atoms. The smallest absolute Gasteiger partial charge is 0.117 e. The van der Waals surface area contributed by atoms with Gasteiger partial charge >= 0.3 is 0 Å². The number of hydrogen-bond acceptors (Lipinski definition) is 1. The van der Waals surface area contributed by atoms with Crippen LogP contribution in [-0.2, 0) is 6.42 Å². The van der Waals surface area contributed by atoms with Gasteiger partial charge in [-0.3, -0.25) is 0 Å². The van der Waals surface area contributed by atoms with Gasteiger partial charge in [0.1, 0.15) is 5.76 Å². The first-order valence-corrected chi connectivity index (χ1v) is 6.38. The molecule has 15 heavy (non-hydrogen) atoms. The Bertz CT molecular complexity index is 423. The Morgan fingerprint density at radius 1 is 1.20 bits per heavy atom. The molecular formula is C12H10Br2O. The van der Waals surface area contributed by atoms with E-state index in [0.717, 1.165) is 16.7 Å². The summed E-state index contributed by atoms with van der Waals surface area (Å²) in [6, 6.07) is 12.2. The van der Waals surface area contributed by atoms with Gasteiger partial charge in [-0.25, -0.2) is 0 Å². The minimum absolute atomic E-state index is 0.238. The van der Waals surface area contributed by atoms with Crippen LogP contribution in [0.2, 0.25) is 0 Å². The molecule has 0 bridgehead atoms. The molecule has 1 aromatic carbocycles. The zero-order chi connectivity index (χ0) is 10.7. The summed E-state index contributed by atoms with van der Waals surface area (Å²) < 4.78 is 6.45. The third-order valence-electron chi connectivity index (χ3n) is 2.16. The van der Waals surface area contributed by atoms with E-state index in [1.54, 1.807) is 6.26 Å². The van der Waals surface area contributed by atoms with Crippen LogP contribution in [0.4, 0.5) is 0 Å². The highest BCUT2D eigenvalue weighted by molar-refractivity contribution is 9.10. The molecule has 0 fully saturated rings. The summed E-state index contributed by atoms with van der Waals surface area (Å²) in [6.07, 6.45) is 2.62. The molecule has 0 aliphatic heterocycles. The van der Waals surface area contributed by atoms with Gasteiger partial charge in [0.25, 0.3) is 0 Å². The molecule has 1 heterocycles. The van der Waals surface area contributed by atoms with Crippen molar-refractivity contribution in [3.8, 4) is 0 Å². The number of halogens is 2. The van der Waals surface area contributed by atoms with Crippen LogP contribution in [0.3, 0.4) is 0 Å². The topological polar surface area (TPSA) is 13.1 Å². The van der Waals surface area contributed by atoms with Crippen molar-refractivity contribution in [3.63, 3.8) is 0 Å². The van der Waals surface area contributed by atoms with E-state index in [2.05, 4.69) is 44.0 Å². The minimum atomic E-state index is 0.238. The van der Waals surface area contributed by atoms with Crippen LogP contribution in [0, 0.1) is 0 Å². The molecule has 0 radical (unpaired) electrons. The van der Waals surface area contributed by atoms with E-state index in [9.17, 15) is 0 Å². The van der Waals surface area contributed by atoms with E-state index in [-0.39, 0.29) is 4.83 Å². The Balaban J connectivity index is 2.09. The van der Waals surface area contributed by atoms with E-state index >= 15 is 0 Å².